The number of hydrogen-bond donors (Lipinski definition) is 3. The minimum Gasteiger partial charge on any atom is -0.465 e. The third kappa shape index (κ3) is 6.04. The lowest BCUT2D eigenvalue weighted by atomic mass is 9.76. The number of carbonyl (C=O) groups is 2. The minimum atomic E-state index is -1.09. The van der Waals surface area contributed by atoms with Crippen LogP contribution in [0, 0.1) is 23.4 Å². The average molecular weight is 531 g/mol. The Hall–Kier alpha value is -3.60. The number of anilines is 1. The van der Waals surface area contributed by atoms with Gasteiger partial charge < -0.3 is 15.7 Å². The Morgan fingerprint density at radius 3 is 2.46 bits per heavy atom. The number of amides is 2. The molecule has 3 atom stereocenters. The van der Waals surface area contributed by atoms with Crippen LogP contribution in [-0.4, -0.2) is 39.4 Å². The number of nitrogens with one attached hydrogen (secondary N) is 2. The highest BCUT2D eigenvalue weighted by Crippen LogP contribution is 2.39. The van der Waals surface area contributed by atoms with Gasteiger partial charge in [-0.2, -0.15) is 0 Å². The zero-order valence-corrected chi connectivity index (χ0v) is 20.9. The fourth-order valence-electron chi connectivity index (χ4n) is 4.84. The van der Waals surface area contributed by atoms with E-state index in [0.29, 0.717) is 23.4 Å². The number of nitrogens with zero attached hydrogens (tertiary/aromatic N) is 2. The summed E-state index contributed by atoms with van der Waals surface area (Å²) in [5.74, 6) is -3.45. The standard InChI is InChI=1S/C26H25F3N4O3S/c1-13-7-14(9-15(8-13)31-26(35)36)17-5-6-30-12-22(17)33-25(34)21-4-3-18(27)24(32-21)23-19(28)10-16(37-2)11-20(23)29/h3-6,10-15,31H,7-9H2,1-2H3,(H,33,34)(H,35,36)/t13-,14+,15-/m0/s1. The molecular weight excluding hydrogens is 505 g/mol. The molecule has 3 aromatic rings. The lowest BCUT2D eigenvalue weighted by Gasteiger charge is -2.34. The molecule has 0 saturated heterocycles. The molecule has 0 bridgehead atoms. The van der Waals surface area contributed by atoms with E-state index in [9.17, 15) is 22.8 Å². The molecule has 1 fully saturated rings. The van der Waals surface area contributed by atoms with Crippen molar-refractivity contribution in [3.63, 3.8) is 0 Å². The van der Waals surface area contributed by atoms with Crippen LogP contribution < -0.4 is 10.6 Å². The third-order valence-corrected chi connectivity index (χ3v) is 7.09. The highest BCUT2D eigenvalue weighted by molar-refractivity contribution is 7.98. The maximum absolute atomic E-state index is 14.6. The van der Waals surface area contributed by atoms with Gasteiger partial charge in [-0.3, -0.25) is 9.78 Å². The average Bonchev–Trinajstić information content (AvgIpc) is 2.84. The molecule has 0 radical (unpaired) electrons. The summed E-state index contributed by atoms with van der Waals surface area (Å²) < 4.78 is 43.8. The number of pyridine rings is 2. The first-order chi connectivity index (χ1) is 17.7. The van der Waals surface area contributed by atoms with Crippen molar-refractivity contribution >= 4 is 29.4 Å². The quantitative estimate of drug-likeness (QED) is 0.334. The molecule has 4 rings (SSSR count). The molecule has 7 nitrogen and oxygen atoms in total. The summed E-state index contributed by atoms with van der Waals surface area (Å²) in [6, 6.07) is 5.76. The molecule has 37 heavy (non-hydrogen) atoms. The number of thioether (sulfide) groups is 1. The second kappa shape index (κ2) is 11.2. The number of benzene rings is 1. The zero-order chi connectivity index (χ0) is 26.7. The van der Waals surface area contributed by atoms with Crippen molar-refractivity contribution in [1.29, 1.82) is 0 Å². The molecular formula is C26H25F3N4O3S. The van der Waals surface area contributed by atoms with E-state index in [4.69, 9.17) is 5.11 Å². The van der Waals surface area contributed by atoms with Crippen LogP contribution in [0.1, 0.15) is 48.2 Å². The second-order valence-electron chi connectivity index (χ2n) is 9.07. The molecule has 1 aliphatic rings. The molecule has 0 spiro atoms. The van der Waals surface area contributed by atoms with Gasteiger partial charge in [-0.25, -0.2) is 22.9 Å². The zero-order valence-electron chi connectivity index (χ0n) is 20.1. The number of carbonyl (C=O) groups excluding carboxylic acids is 1. The van der Waals surface area contributed by atoms with Crippen LogP contribution in [0.25, 0.3) is 11.3 Å². The van der Waals surface area contributed by atoms with E-state index < -0.39 is 40.7 Å². The van der Waals surface area contributed by atoms with Gasteiger partial charge in [0.25, 0.3) is 5.91 Å². The maximum atomic E-state index is 14.6. The van der Waals surface area contributed by atoms with E-state index in [0.717, 1.165) is 48.0 Å². The Labute approximate surface area is 215 Å². The van der Waals surface area contributed by atoms with Gasteiger partial charge in [0.1, 0.15) is 28.8 Å². The first kappa shape index (κ1) is 26.5. The van der Waals surface area contributed by atoms with Gasteiger partial charge in [-0.15, -0.1) is 11.8 Å². The smallest absolute Gasteiger partial charge is 0.404 e. The maximum Gasteiger partial charge on any atom is 0.404 e. The number of rotatable bonds is 6. The summed E-state index contributed by atoms with van der Waals surface area (Å²) in [6.07, 6.45) is 5.67. The summed E-state index contributed by atoms with van der Waals surface area (Å²) in [5, 5.41) is 14.4. The Bertz CT molecular complexity index is 1320. The molecule has 1 aliphatic carbocycles. The Balaban J connectivity index is 1.62. The van der Waals surface area contributed by atoms with E-state index in [2.05, 4.69) is 20.6 Å². The Kier molecular flexibility index (Phi) is 8.01. The summed E-state index contributed by atoms with van der Waals surface area (Å²) >= 11 is 1.13. The van der Waals surface area contributed by atoms with Crippen LogP contribution in [0.4, 0.5) is 23.7 Å². The summed E-state index contributed by atoms with van der Waals surface area (Å²) in [5.41, 5.74) is -0.318. The second-order valence-corrected chi connectivity index (χ2v) is 9.95. The van der Waals surface area contributed by atoms with E-state index in [1.807, 2.05) is 6.92 Å². The van der Waals surface area contributed by atoms with Crippen molar-refractivity contribution < 1.29 is 27.9 Å². The Morgan fingerprint density at radius 2 is 1.78 bits per heavy atom. The number of hydrogen-bond acceptors (Lipinski definition) is 5. The van der Waals surface area contributed by atoms with Crippen molar-refractivity contribution in [2.75, 3.05) is 11.6 Å². The van der Waals surface area contributed by atoms with Crippen LogP contribution in [0.5, 0.6) is 0 Å². The summed E-state index contributed by atoms with van der Waals surface area (Å²) in [7, 11) is 0. The van der Waals surface area contributed by atoms with Gasteiger partial charge in [0.15, 0.2) is 0 Å². The van der Waals surface area contributed by atoms with E-state index in [1.165, 1.54) is 6.20 Å². The fourth-order valence-corrected chi connectivity index (χ4v) is 5.28. The molecule has 1 saturated carbocycles. The number of aromatic nitrogens is 2. The van der Waals surface area contributed by atoms with Crippen molar-refractivity contribution in [3.05, 3.63) is 71.4 Å². The molecule has 2 heterocycles. The molecule has 1 aromatic carbocycles. The van der Waals surface area contributed by atoms with Gasteiger partial charge in [-0.05, 0) is 73.2 Å². The van der Waals surface area contributed by atoms with Crippen LogP contribution in [0.3, 0.4) is 0 Å². The van der Waals surface area contributed by atoms with Crippen LogP contribution >= 0.6 is 11.8 Å². The third-order valence-electron chi connectivity index (χ3n) is 6.38. The highest BCUT2D eigenvalue weighted by Gasteiger charge is 2.30. The lowest BCUT2D eigenvalue weighted by molar-refractivity contribution is 0.102. The summed E-state index contributed by atoms with van der Waals surface area (Å²) in [4.78, 5) is 32.6. The number of halogens is 3. The van der Waals surface area contributed by atoms with Crippen molar-refractivity contribution in [1.82, 2.24) is 15.3 Å². The van der Waals surface area contributed by atoms with Gasteiger partial charge in [0, 0.05) is 17.1 Å². The molecule has 194 valence electrons. The largest absolute Gasteiger partial charge is 0.465 e. The first-order valence-corrected chi connectivity index (χ1v) is 12.8. The molecule has 2 aromatic heterocycles. The topological polar surface area (TPSA) is 104 Å². The number of carboxylic acid groups (broad SMARTS) is 1. The predicted octanol–water partition coefficient (Wildman–Crippen LogP) is 6.07. The van der Waals surface area contributed by atoms with Crippen LogP contribution in [0.15, 0.2) is 47.6 Å². The highest BCUT2D eigenvalue weighted by atomic mass is 32.2. The molecule has 0 aliphatic heterocycles. The molecule has 3 N–H and O–H groups in total. The Morgan fingerprint density at radius 1 is 1.05 bits per heavy atom. The molecule has 0 unspecified atom stereocenters. The minimum absolute atomic E-state index is 0.0474. The van der Waals surface area contributed by atoms with Crippen molar-refractivity contribution in [3.8, 4) is 11.3 Å². The normalized spacial score (nSPS) is 19.3. The van der Waals surface area contributed by atoms with Crippen LogP contribution in [0.2, 0.25) is 0 Å². The van der Waals surface area contributed by atoms with Gasteiger partial charge in [-0.1, -0.05) is 6.92 Å². The van der Waals surface area contributed by atoms with Crippen molar-refractivity contribution in [2.24, 2.45) is 5.92 Å². The van der Waals surface area contributed by atoms with E-state index >= 15 is 0 Å². The van der Waals surface area contributed by atoms with Crippen LogP contribution in [-0.2, 0) is 0 Å². The summed E-state index contributed by atoms with van der Waals surface area (Å²) in [6.45, 7) is 2.04. The van der Waals surface area contributed by atoms with Crippen molar-refractivity contribution in [2.45, 2.75) is 43.0 Å². The van der Waals surface area contributed by atoms with E-state index in [1.54, 1.807) is 18.5 Å². The predicted molar refractivity (Wildman–Crippen MR) is 134 cm³/mol. The van der Waals surface area contributed by atoms with E-state index in [-0.39, 0.29) is 23.6 Å². The SMILES string of the molecule is CSc1cc(F)c(-c2nc(C(=O)Nc3cnccc3[C@@H]3C[C@H](C)C[C@H](NC(=O)O)C3)ccc2F)c(F)c1. The van der Waals surface area contributed by atoms with Gasteiger partial charge >= 0.3 is 6.09 Å². The first-order valence-electron chi connectivity index (χ1n) is 11.6. The monoisotopic (exact) mass is 530 g/mol. The van der Waals surface area contributed by atoms with Gasteiger partial charge in [0.2, 0.25) is 0 Å². The van der Waals surface area contributed by atoms with Gasteiger partial charge in [0.05, 0.1) is 17.4 Å². The molecule has 11 heteroatoms. The lowest BCUT2D eigenvalue weighted by Crippen LogP contribution is -2.39. The molecule has 2 amide bonds. The fraction of sp³-hybridized carbons (Fsp3) is 0.308.